The molecule has 6 heteroatoms. The van der Waals surface area contributed by atoms with Crippen LogP contribution in [0.5, 0.6) is 0 Å². The van der Waals surface area contributed by atoms with Gasteiger partial charge in [0.15, 0.2) is 0 Å². The lowest BCUT2D eigenvalue weighted by molar-refractivity contribution is 0.645. The van der Waals surface area contributed by atoms with Crippen molar-refractivity contribution in [2.75, 3.05) is 36.0 Å². The van der Waals surface area contributed by atoms with Gasteiger partial charge in [-0.25, -0.2) is 9.97 Å². The second kappa shape index (κ2) is 6.32. The minimum absolute atomic E-state index is 0.582. The van der Waals surface area contributed by atoms with E-state index in [1.807, 2.05) is 19.1 Å². The van der Waals surface area contributed by atoms with E-state index in [0.29, 0.717) is 5.56 Å². The van der Waals surface area contributed by atoms with Crippen molar-refractivity contribution < 1.29 is 0 Å². The van der Waals surface area contributed by atoms with Crippen LogP contribution in [0.1, 0.15) is 11.3 Å². The fraction of sp³-hybridized carbons (Fsp3) is 0.312. The van der Waals surface area contributed by atoms with Crippen LogP contribution in [0.4, 0.5) is 11.5 Å². The molecule has 0 amide bonds. The molecule has 1 aromatic heterocycles. The molecule has 1 aliphatic rings. The Morgan fingerprint density at radius 2 is 1.86 bits per heavy atom. The third-order valence-corrected chi connectivity index (χ3v) is 4.37. The van der Waals surface area contributed by atoms with Gasteiger partial charge in [0.25, 0.3) is 0 Å². The molecule has 0 bridgehead atoms. The van der Waals surface area contributed by atoms with Crippen LogP contribution in [-0.4, -0.2) is 36.1 Å². The highest BCUT2D eigenvalue weighted by Gasteiger charge is 2.21. The monoisotopic (exact) mass is 357 g/mol. The first kappa shape index (κ1) is 14.8. The molecule has 0 unspecified atom stereocenters. The second-order valence-corrected chi connectivity index (χ2v) is 6.14. The molecule has 0 N–H and O–H groups in total. The standard InChI is InChI=1S/C16H16BrN5/c1-12-15(10-18)16(20-11-19-12)22-7-5-21(6-8-22)14-4-2-3-13(17)9-14/h2-4,9,11H,5-8H2,1H3. The van der Waals surface area contributed by atoms with Crippen molar-refractivity contribution >= 4 is 27.4 Å². The van der Waals surface area contributed by atoms with Crippen LogP contribution in [0.3, 0.4) is 0 Å². The van der Waals surface area contributed by atoms with Crippen LogP contribution >= 0.6 is 15.9 Å². The molecule has 2 heterocycles. The quantitative estimate of drug-likeness (QED) is 0.826. The fourth-order valence-electron chi connectivity index (χ4n) is 2.68. The Kier molecular flexibility index (Phi) is 4.25. The molecular formula is C16H16BrN5. The fourth-order valence-corrected chi connectivity index (χ4v) is 3.07. The maximum atomic E-state index is 9.32. The summed E-state index contributed by atoms with van der Waals surface area (Å²) >= 11 is 3.51. The Balaban J connectivity index is 1.75. The largest absolute Gasteiger partial charge is 0.368 e. The van der Waals surface area contributed by atoms with Crippen LogP contribution < -0.4 is 9.80 Å². The van der Waals surface area contributed by atoms with Crippen molar-refractivity contribution in [3.05, 3.63) is 46.3 Å². The normalized spacial score (nSPS) is 14.8. The number of nitriles is 1. The van der Waals surface area contributed by atoms with Crippen molar-refractivity contribution in [3.63, 3.8) is 0 Å². The lowest BCUT2D eigenvalue weighted by Crippen LogP contribution is -2.47. The lowest BCUT2D eigenvalue weighted by atomic mass is 10.2. The Bertz CT molecular complexity index is 717. The molecule has 5 nitrogen and oxygen atoms in total. The zero-order valence-electron chi connectivity index (χ0n) is 12.3. The highest BCUT2D eigenvalue weighted by Crippen LogP contribution is 2.24. The molecule has 0 atom stereocenters. The first-order valence-electron chi connectivity index (χ1n) is 7.16. The lowest BCUT2D eigenvalue weighted by Gasteiger charge is -2.37. The molecule has 1 fully saturated rings. The Morgan fingerprint density at radius 3 is 2.55 bits per heavy atom. The summed E-state index contributed by atoms with van der Waals surface area (Å²) < 4.78 is 1.09. The van der Waals surface area contributed by atoms with E-state index in [0.717, 1.165) is 42.2 Å². The molecule has 2 aromatic rings. The number of nitrogens with zero attached hydrogens (tertiary/aromatic N) is 5. The summed E-state index contributed by atoms with van der Waals surface area (Å²) in [6.45, 7) is 5.35. The molecule has 3 rings (SSSR count). The molecule has 0 saturated carbocycles. The molecule has 0 aliphatic carbocycles. The minimum Gasteiger partial charge on any atom is -0.368 e. The van der Waals surface area contributed by atoms with Gasteiger partial charge in [0.05, 0.1) is 5.69 Å². The van der Waals surface area contributed by atoms with Gasteiger partial charge in [0.2, 0.25) is 0 Å². The maximum Gasteiger partial charge on any atom is 0.150 e. The number of piperazine rings is 1. The van der Waals surface area contributed by atoms with Gasteiger partial charge >= 0.3 is 0 Å². The van der Waals surface area contributed by atoms with Crippen LogP contribution in [0.15, 0.2) is 35.1 Å². The van der Waals surface area contributed by atoms with Crippen LogP contribution in [0.2, 0.25) is 0 Å². The topological polar surface area (TPSA) is 56.1 Å². The van der Waals surface area contributed by atoms with E-state index >= 15 is 0 Å². The van der Waals surface area contributed by atoms with Gasteiger partial charge in [0.1, 0.15) is 23.8 Å². The van der Waals surface area contributed by atoms with Crippen LogP contribution in [-0.2, 0) is 0 Å². The predicted molar refractivity (Wildman–Crippen MR) is 90.1 cm³/mol. The number of hydrogen-bond acceptors (Lipinski definition) is 5. The Hall–Kier alpha value is -2.13. The average Bonchev–Trinajstić information content (AvgIpc) is 2.55. The van der Waals surface area contributed by atoms with Crippen molar-refractivity contribution in [3.8, 4) is 6.07 Å². The number of rotatable bonds is 2. The average molecular weight is 358 g/mol. The van der Waals surface area contributed by atoms with E-state index in [2.05, 4.69) is 53.9 Å². The maximum absolute atomic E-state index is 9.32. The summed E-state index contributed by atoms with van der Waals surface area (Å²) in [6.07, 6.45) is 1.53. The van der Waals surface area contributed by atoms with Crippen LogP contribution in [0, 0.1) is 18.3 Å². The van der Waals surface area contributed by atoms with E-state index in [9.17, 15) is 5.26 Å². The van der Waals surface area contributed by atoms with Gasteiger partial charge in [-0.2, -0.15) is 5.26 Å². The predicted octanol–water partition coefficient (Wildman–Crippen LogP) is 2.75. The minimum atomic E-state index is 0.582. The van der Waals surface area contributed by atoms with Crippen molar-refractivity contribution in [1.29, 1.82) is 5.26 Å². The summed E-state index contributed by atoms with van der Waals surface area (Å²) in [7, 11) is 0. The first-order chi connectivity index (χ1) is 10.7. The van der Waals surface area contributed by atoms with Gasteiger partial charge in [-0.15, -0.1) is 0 Å². The molecular weight excluding hydrogens is 342 g/mol. The SMILES string of the molecule is Cc1ncnc(N2CCN(c3cccc(Br)c3)CC2)c1C#N. The Morgan fingerprint density at radius 1 is 1.14 bits per heavy atom. The number of aryl methyl sites for hydroxylation is 1. The summed E-state index contributed by atoms with van der Waals surface area (Å²) in [5, 5.41) is 9.32. The third-order valence-electron chi connectivity index (χ3n) is 3.88. The van der Waals surface area contributed by atoms with Gasteiger partial charge in [-0.05, 0) is 25.1 Å². The highest BCUT2D eigenvalue weighted by atomic mass is 79.9. The zero-order valence-corrected chi connectivity index (χ0v) is 13.9. The van der Waals surface area contributed by atoms with E-state index in [1.165, 1.54) is 12.0 Å². The molecule has 1 aliphatic heterocycles. The molecule has 1 saturated heterocycles. The summed E-state index contributed by atoms with van der Waals surface area (Å²) in [5.74, 6) is 0.754. The highest BCUT2D eigenvalue weighted by molar-refractivity contribution is 9.10. The summed E-state index contributed by atoms with van der Waals surface area (Å²) in [5.41, 5.74) is 2.54. The molecule has 112 valence electrons. The van der Waals surface area contributed by atoms with Crippen molar-refractivity contribution in [2.24, 2.45) is 0 Å². The molecule has 1 aromatic carbocycles. The zero-order chi connectivity index (χ0) is 15.5. The molecule has 22 heavy (non-hydrogen) atoms. The van der Waals surface area contributed by atoms with Crippen molar-refractivity contribution in [1.82, 2.24) is 9.97 Å². The third kappa shape index (κ3) is 2.90. The van der Waals surface area contributed by atoms with Gasteiger partial charge in [0, 0.05) is 36.3 Å². The van der Waals surface area contributed by atoms with E-state index in [1.54, 1.807) is 0 Å². The van der Waals surface area contributed by atoms with Gasteiger partial charge < -0.3 is 9.80 Å². The molecule has 0 spiro atoms. The smallest absolute Gasteiger partial charge is 0.150 e. The number of halogens is 1. The second-order valence-electron chi connectivity index (χ2n) is 5.22. The van der Waals surface area contributed by atoms with E-state index in [4.69, 9.17) is 0 Å². The number of aromatic nitrogens is 2. The number of anilines is 2. The summed E-state index contributed by atoms with van der Waals surface area (Å²) in [6, 6.07) is 10.6. The van der Waals surface area contributed by atoms with Crippen molar-refractivity contribution in [2.45, 2.75) is 6.92 Å². The molecule has 0 radical (unpaired) electrons. The van der Waals surface area contributed by atoms with E-state index < -0.39 is 0 Å². The van der Waals surface area contributed by atoms with Gasteiger partial charge in [-0.1, -0.05) is 22.0 Å². The van der Waals surface area contributed by atoms with Crippen LogP contribution in [0.25, 0.3) is 0 Å². The summed E-state index contributed by atoms with van der Waals surface area (Å²) in [4.78, 5) is 12.9. The number of hydrogen-bond donors (Lipinski definition) is 0. The first-order valence-corrected chi connectivity index (χ1v) is 7.95. The van der Waals surface area contributed by atoms with E-state index in [-0.39, 0.29) is 0 Å². The Labute approximate surface area is 138 Å². The van der Waals surface area contributed by atoms with Gasteiger partial charge in [-0.3, -0.25) is 0 Å². The number of benzene rings is 1.